The van der Waals surface area contributed by atoms with E-state index in [0.717, 1.165) is 21.8 Å². The van der Waals surface area contributed by atoms with Crippen LogP contribution < -0.4 is 0 Å². The van der Waals surface area contributed by atoms with E-state index in [-0.39, 0.29) is 5.82 Å². The Labute approximate surface area is 153 Å². The first-order valence-corrected chi connectivity index (χ1v) is 9.03. The van der Waals surface area contributed by atoms with E-state index < -0.39 is 0 Å². The van der Waals surface area contributed by atoms with Crippen molar-refractivity contribution in [2.45, 2.75) is 10.8 Å². The predicted molar refractivity (Wildman–Crippen MR) is 99.4 cm³/mol. The summed E-state index contributed by atoms with van der Waals surface area (Å²) in [7, 11) is 0. The number of thioether (sulfide) groups is 1. The first-order valence-electron chi connectivity index (χ1n) is 7.67. The van der Waals surface area contributed by atoms with E-state index in [4.69, 9.17) is 11.6 Å². The highest BCUT2D eigenvalue weighted by atomic mass is 35.5. The van der Waals surface area contributed by atoms with Gasteiger partial charge in [-0.15, -0.1) is 0 Å². The van der Waals surface area contributed by atoms with E-state index in [1.165, 1.54) is 17.8 Å². The minimum absolute atomic E-state index is 0.199. The van der Waals surface area contributed by atoms with Crippen LogP contribution >= 0.6 is 23.4 Å². The zero-order valence-electron chi connectivity index (χ0n) is 13.1. The fraction of sp³-hybridized carbons (Fsp3) is 0.0526. The van der Waals surface area contributed by atoms with Gasteiger partial charge in [-0.1, -0.05) is 53.7 Å². The number of rotatable bonds is 4. The first-order chi connectivity index (χ1) is 12.2. The Kier molecular flexibility index (Phi) is 4.42. The Bertz CT molecular complexity index is 1050. The van der Waals surface area contributed by atoms with Crippen molar-refractivity contribution in [3.05, 3.63) is 83.4 Å². The van der Waals surface area contributed by atoms with Crippen LogP contribution in [0.5, 0.6) is 0 Å². The highest BCUT2D eigenvalue weighted by molar-refractivity contribution is 7.98. The summed E-state index contributed by atoms with van der Waals surface area (Å²) in [6.45, 7) is 0. The molecule has 0 bridgehead atoms. The Morgan fingerprint density at radius 2 is 1.96 bits per heavy atom. The van der Waals surface area contributed by atoms with Crippen LogP contribution in [-0.4, -0.2) is 14.6 Å². The second-order valence-electron chi connectivity index (χ2n) is 5.48. The van der Waals surface area contributed by atoms with Gasteiger partial charge in [-0.3, -0.25) is 0 Å². The van der Waals surface area contributed by atoms with E-state index in [0.29, 0.717) is 16.3 Å². The molecule has 4 aromatic rings. The third-order valence-corrected chi connectivity index (χ3v) is 5.08. The van der Waals surface area contributed by atoms with Crippen molar-refractivity contribution >= 4 is 28.9 Å². The average Bonchev–Trinajstić information content (AvgIpc) is 3.06. The molecular formula is C19H13ClFN3S. The monoisotopic (exact) mass is 369 g/mol. The maximum Gasteiger partial charge on any atom is 0.127 e. The lowest BCUT2D eigenvalue weighted by Gasteiger charge is -2.04. The number of halogens is 2. The van der Waals surface area contributed by atoms with E-state index >= 15 is 0 Å². The number of benzene rings is 2. The summed E-state index contributed by atoms with van der Waals surface area (Å²) in [5, 5.41) is 6.07. The molecule has 3 nitrogen and oxygen atoms in total. The quantitative estimate of drug-likeness (QED) is 0.446. The Hall–Kier alpha value is -2.37. The lowest BCUT2D eigenvalue weighted by Crippen LogP contribution is -1.92. The number of fused-ring (bicyclic) bond motifs is 1. The summed E-state index contributed by atoms with van der Waals surface area (Å²) in [4.78, 5) is 4.43. The van der Waals surface area contributed by atoms with Gasteiger partial charge in [-0.2, -0.15) is 5.10 Å². The fourth-order valence-corrected chi connectivity index (χ4v) is 3.71. The molecule has 0 unspecified atom stereocenters. The molecule has 2 aromatic carbocycles. The lowest BCUT2D eigenvalue weighted by atomic mass is 10.1. The van der Waals surface area contributed by atoms with Gasteiger partial charge in [0.1, 0.15) is 10.8 Å². The normalized spacial score (nSPS) is 11.1. The zero-order valence-corrected chi connectivity index (χ0v) is 14.6. The smallest absolute Gasteiger partial charge is 0.127 e. The largest absolute Gasteiger partial charge is 0.246 e. The highest BCUT2D eigenvalue weighted by Crippen LogP contribution is 2.29. The number of nitrogens with zero attached hydrogens (tertiary/aromatic N) is 3. The molecule has 124 valence electrons. The molecular weight excluding hydrogens is 357 g/mol. The van der Waals surface area contributed by atoms with Gasteiger partial charge >= 0.3 is 0 Å². The summed E-state index contributed by atoms with van der Waals surface area (Å²) in [5.74, 6) is 0.312. The molecule has 0 fully saturated rings. The van der Waals surface area contributed by atoms with Gasteiger partial charge in [0, 0.05) is 28.7 Å². The van der Waals surface area contributed by atoms with Crippen LogP contribution in [0.15, 0.2) is 72.0 Å². The van der Waals surface area contributed by atoms with Crippen molar-refractivity contribution < 1.29 is 4.39 Å². The maximum absolute atomic E-state index is 13.8. The molecule has 25 heavy (non-hydrogen) atoms. The molecule has 0 aliphatic rings. The summed E-state index contributed by atoms with van der Waals surface area (Å²) in [6.07, 6.45) is 3.50. The van der Waals surface area contributed by atoms with E-state index in [9.17, 15) is 4.39 Å². The zero-order chi connectivity index (χ0) is 17.2. The SMILES string of the molecule is Fc1ccccc1CSc1nccn2nc(-c3cccc(Cl)c3)cc12. The molecule has 0 spiro atoms. The number of hydrogen-bond donors (Lipinski definition) is 0. The van der Waals surface area contributed by atoms with Crippen molar-refractivity contribution in [1.82, 2.24) is 14.6 Å². The highest BCUT2D eigenvalue weighted by Gasteiger charge is 2.11. The van der Waals surface area contributed by atoms with Crippen LogP contribution in [0.1, 0.15) is 5.56 Å². The molecule has 0 saturated carbocycles. The Morgan fingerprint density at radius 3 is 2.80 bits per heavy atom. The molecule has 0 radical (unpaired) electrons. The van der Waals surface area contributed by atoms with Crippen LogP contribution in [0, 0.1) is 5.82 Å². The molecule has 0 amide bonds. The van der Waals surface area contributed by atoms with E-state index in [1.807, 2.05) is 36.4 Å². The minimum Gasteiger partial charge on any atom is -0.246 e. The van der Waals surface area contributed by atoms with Crippen LogP contribution in [-0.2, 0) is 5.75 Å². The van der Waals surface area contributed by atoms with Crippen LogP contribution in [0.25, 0.3) is 16.8 Å². The van der Waals surface area contributed by atoms with Gasteiger partial charge in [0.15, 0.2) is 0 Å². The van der Waals surface area contributed by atoms with Crippen molar-refractivity contribution in [3.8, 4) is 11.3 Å². The third kappa shape index (κ3) is 3.38. The Morgan fingerprint density at radius 1 is 1.08 bits per heavy atom. The third-order valence-electron chi connectivity index (χ3n) is 3.80. The van der Waals surface area contributed by atoms with Crippen LogP contribution in [0.4, 0.5) is 4.39 Å². The number of aromatic nitrogens is 3. The average molecular weight is 370 g/mol. The molecule has 6 heteroatoms. The molecule has 4 rings (SSSR count). The standard InChI is InChI=1S/C19H13ClFN3S/c20-15-6-3-5-13(10-15)17-11-18-19(22-8-9-24(18)23-17)25-12-14-4-1-2-7-16(14)21/h1-11H,12H2. The molecule has 2 heterocycles. The van der Waals surface area contributed by atoms with Gasteiger partial charge in [0.05, 0.1) is 11.2 Å². The van der Waals surface area contributed by atoms with Crippen LogP contribution in [0.2, 0.25) is 5.02 Å². The van der Waals surface area contributed by atoms with Crippen LogP contribution in [0.3, 0.4) is 0 Å². The first kappa shape index (κ1) is 16.1. The van der Waals surface area contributed by atoms with Gasteiger partial charge in [0.25, 0.3) is 0 Å². The van der Waals surface area contributed by atoms with E-state index in [2.05, 4.69) is 10.1 Å². The molecule has 0 aliphatic carbocycles. The maximum atomic E-state index is 13.8. The number of hydrogen-bond acceptors (Lipinski definition) is 3. The molecule has 0 aliphatic heterocycles. The molecule has 0 saturated heterocycles. The van der Waals surface area contributed by atoms with Gasteiger partial charge in [0.2, 0.25) is 0 Å². The second-order valence-corrected chi connectivity index (χ2v) is 6.88. The second kappa shape index (κ2) is 6.86. The topological polar surface area (TPSA) is 30.2 Å². The van der Waals surface area contributed by atoms with Crippen molar-refractivity contribution in [1.29, 1.82) is 0 Å². The van der Waals surface area contributed by atoms with E-state index in [1.54, 1.807) is 29.0 Å². The summed E-state index contributed by atoms with van der Waals surface area (Å²) in [6, 6.07) is 16.3. The van der Waals surface area contributed by atoms with Crippen molar-refractivity contribution in [2.24, 2.45) is 0 Å². The lowest BCUT2D eigenvalue weighted by molar-refractivity contribution is 0.617. The Balaban J connectivity index is 1.67. The summed E-state index contributed by atoms with van der Waals surface area (Å²) >= 11 is 7.56. The minimum atomic E-state index is -0.199. The van der Waals surface area contributed by atoms with Crippen molar-refractivity contribution in [3.63, 3.8) is 0 Å². The fourth-order valence-electron chi connectivity index (χ4n) is 2.56. The molecule has 0 atom stereocenters. The summed E-state index contributed by atoms with van der Waals surface area (Å²) in [5.41, 5.74) is 3.31. The van der Waals surface area contributed by atoms with Crippen molar-refractivity contribution in [2.75, 3.05) is 0 Å². The molecule has 0 N–H and O–H groups in total. The van der Waals surface area contributed by atoms with Gasteiger partial charge < -0.3 is 0 Å². The summed E-state index contributed by atoms with van der Waals surface area (Å²) < 4.78 is 15.6. The molecule has 2 aromatic heterocycles. The van der Waals surface area contributed by atoms with Gasteiger partial charge in [-0.25, -0.2) is 13.9 Å². The predicted octanol–water partition coefficient (Wildman–Crippen LogP) is 5.48. The van der Waals surface area contributed by atoms with Gasteiger partial charge in [-0.05, 0) is 29.8 Å².